The second-order valence-corrected chi connectivity index (χ2v) is 10.8. The number of piperidine rings is 1. The monoisotopic (exact) mass is 663 g/mol. The van der Waals surface area contributed by atoms with Crippen molar-refractivity contribution in [3.63, 3.8) is 0 Å². The molecule has 0 unspecified atom stereocenters. The minimum absolute atomic E-state index is 0. The van der Waals surface area contributed by atoms with E-state index in [0.29, 0.717) is 28.4 Å². The fraction of sp³-hybridized carbons (Fsp3) is 0.333. The van der Waals surface area contributed by atoms with Gasteiger partial charge in [0.05, 0.1) is 32.9 Å². The van der Waals surface area contributed by atoms with Gasteiger partial charge in [0.2, 0.25) is 5.91 Å². The summed E-state index contributed by atoms with van der Waals surface area (Å²) >= 11 is 6.09. The number of hydrogen-bond acceptors (Lipinski definition) is 4. The van der Waals surface area contributed by atoms with Gasteiger partial charge in [-0.15, -0.1) is 30.6 Å². The Bertz CT molecular complexity index is 1280. The molecule has 0 atom stereocenters. The van der Waals surface area contributed by atoms with Gasteiger partial charge in [0.1, 0.15) is 6.10 Å². The molecule has 39 heavy (non-hydrogen) atoms. The molecule has 0 spiro atoms. The van der Waals surface area contributed by atoms with Crippen LogP contribution in [0.5, 0.6) is 0 Å². The molecule has 2 N–H and O–H groups in total. The van der Waals surface area contributed by atoms with Crippen LogP contribution in [0.4, 0.5) is 16.2 Å². The minimum atomic E-state index is -0.465. The Kier molecular flexibility index (Phi) is 11.2. The van der Waals surface area contributed by atoms with Gasteiger partial charge in [-0.1, -0.05) is 60.1 Å². The second-order valence-electron chi connectivity index (χ2n) is 10.4. The zero-order valence-corrected chi connectivity index (χ0v) is 25.3. The van der Waals surface area contributed by atoms with E-state index in [1.165, 1.54) is 0 Å². The van der Waals surface area contributed by atoms with Crippen LogP contribution in [0.15, 0.2) is 66.7 Å². The van der Waals surface area contributed by atoms with Crippen molar-refractivity contribution < 1.29 is 23.9 Å². The van der Waals surface area contributed by atoms with E-state index in [4.69, 9.17) is 16.3 Å². The first-order chi connectivity index (χ1) is 18.2. The van der Waals surface area contributed by atoms with E-state index in [0.717, 1.165) is 47.1 Å². The largest absolute Gasteiger partial charge is 0.851 e. The molecule has 3 aromatic carbocycles. The lowest BCUT2D eigenvalue weighted by Gasteiger charge is -2.36. The summed E-state index contributed by atoms with van der Waals surface area (Å²) in [6, 6.07) is 20.5. The summed E-state index contributed by atoms with van der Waals surface area (Å²) in [6.45, 7) is 1.54. The van der Waals surface area contributed by atoms with Crippen molar-refractivity contribution >= 4 is 59.0 Å². The van der Waals surface area contributed by atoms with Crippen LogP contribution in [0.1, 0.15) is 30.4 Å². The van der Waals surface area contributed by atoms with Gasteiger partial charge in [-0.2, -0.15) is 0 Å². The van der Waals surface area contributed by atoms with Crippen molar-refractivity contribution in [3.05, 3.63) is 82.9 Å². The van der Waals surface area contributed by atoms with Crippen molar-refractivity contribution in [1.29, 1.82) is 0 Å². The molecule has 3 aromatic rings. The summed E-state index contributed by atoms with van der Waals surface area (Å²) in [7, 11) is 4.38. The molecule has 1 aliphatic heterocycles. The zero-order chi connectivity index (χ0) is 27.1. The van der Waals surface area contributed by atoms with Gasteiger partial charge in [0, 0.05) is 35.5 Å². The normalized spacial score (nSPS) is 14.7. The van der Waals surface area contributed by atoms with Gasteiger partial charge in [-0.05, 0) is 41.3 Å². The number of likely N-dealkylation sites (tertiary alicyclic amines) is 1. The number of aryl methyl sites for hydroxylation is 1. The highest BCUT2D eigenvalue weighted by molar-refractivity contribution is 14.0. The Morgan fingerprint density at radius 3 is 2.38 bits per heavy atom. The maximum atomic E-state index is 12.8. The number of amides is 2. The molecular formula is C30H35ClIN3O4. The summed E-state index contributed by atoms with van der Waals surface area (Å²) in [5.74, 6) is -0.171. The minimum Gasteiger partial charge on any atom is -0.851 e. The highest BCUT2D eigenvalue weighted by Gasteiger charge is 2.28. The maximum absolute atomic E-state index is 12.8. The van der Waals surface area contributed by atoms with Crippen LogP contribution in [0.2, 0.25) is 5.02 Å². The number of carbonyl (C=O) groups is 2. The van der Waals surface area contributed by atoms with E-state index in [-0.39, 0.29) is 42.4 Å². The van der Waals surface area contributed by atoms with Gasteiger partial charge < -0.3 is 19.6 Å². The number of quaternary nitrogens is 1. The number of nitrogens with zero attached hydrogens (tertiary/aromatic N) is 1. The Hall–Kier alpha value is -2.66. The topological polar surface area (TPSA) is 90.5 Å². The first kappa shape index (κ1) is 30.9. The molecule has 1 saturated heterocycles. The van der Waals surface area contributed by atoms with Gasteiger partial charge in [0.25, 0.3) is 0 Å². The summed E-state index contributed by atoms with van der Waals surface area (Å²) in [5, 5.41) is 17.2. The first-order valence-corrected chi connectivity index (χ1v) is 13.2. The summed E-state index contributed by atoms with van der Waals surface area (Å²) in [6.07, 6.45) is 1.84. The van der Waals surface area contributed by atoms with Gasteiger partial charge in [0.15, 0.2) is 0 Å². The van der Waals surface area contributed by atoms with Crippen LogP contribution < -0.4 is 15.7 Å². The predicted octanol–water partition coefficient (Wildman–Crippen LogP) is 5.84. The molecule has 0 radical (unpaired) electrons. The van der Waals surface area contributed by atoms with E-state index in [9.17, 15) is 14.7 Å². The SMILES string of the molecule is C[N+]1(C)CCC(OC(=O)Nc2cc(CCC(=O)Nc3ccc(C[O-])c(Cl)c3)ccc2-c2ccccc2)CC1.I. The van der Waals surface area contributed by atoms with E-state index >= 15 is 0 Å². The third-order valence-electron chi connectivity index (χ3n) is 6.93. The maximum Gasteiger partial charge on any atom is 0.411 e. The molecule has 7 nitrogen and oxygen atoms in total. The Morgan fingerprint density at radius 1 is 1.00 bits per heavy atom. The summed E-state index contributed by atoms with van der Waals surface area (Å²) in [4.78, 5) is 25.4. The summed E-state index contributed by atoms with van der Waals surface area (Å²) in [5.41, 5.74) is 4.45. The van der Waals surface area contributed by atoms with Crippen molar-refractivity contribution in [1.82, 2.24) is 0 Å². The smallest absolute Gasteiger partial charge is 0.411 e. The Labute approximate surface area is 252 Å². The lowest BCUT2D eigenvalue weighted by Crippen LogP contribution is -2.48. The van der Waals surface area contributed by atoms with Gasteiger partial charge >= 0.3 is 6.09 Å². The van der Waals surface area contributed by atoms with Crippen LogP contribution in [0.3, 0.4) is 0 Å². The van der Waals surface area contributed by atoms with E-state index in [1.54, 1.807) is 18.2 Å². The quantitative estimate of drug-likeness (QED) is 0.234. The van der Waals surface area contributed by atoms with Gasteiger partial charge in [-0.25, -0.2) is 4.79 Å². The van der Waals surface area contributed by atoms with Crippen LogP contribution in [-0.2, 0) is 22.6 Å². The molecule has 208 valence electrons. The third kappa shape index (κ3) is 8.93. The van der Waals surface area contributed by atoms with Crippen molar-refractivity contribution in [2.75, 3.05) is 37.8 Å². The molecule has 0 aliphatic carbocycles. The number of carbonyl (C=O) groups excluding carboxylic acids is 2. The fourth-order valence-corrected chi connectivity index (χ4v) is 4.83. The van der Waals surface area contributed by atoms with Crippen LogP contribution in [0.25, 0.3) is 11.1 Å². The molecule has 4 rings (SSSR count). The number of nitrogens with one attached hydrogen (secondary N) is 2. The standard InChI is InChI=1S/C30H34ClN3O4.HI/c1-34(2)16-14-25(15-17-34)38-30(37)33-28-18-21(8-12-26(28)22-6-4-3-5-7-22)9-13-29(36)32-24-11-10-23(20-35)27(31)19-24;/h3-8,10-12,18-19,25H,9,13-17,20H2,1-2H3,(H,32,36)(H,33,37);1H. The predicted molar refractivity (Wildman–Crippen MR) is 164 cm³/mol. The van der Waals surface area contributed by atoms with Crippen LogP contribution in [-0.4, -0.2) is 49.8 Å². The van der Waals surface area contributed by atoms with E-state index in [1.807, 2.05) is 48.5 Å². The molecule has 1 heterocycles. The number of halogens is 2. The molecule has 0 aromatic heterocycles. The zero-order valence-electron chi connectivity index (χ0n) is 22.2. The molecule has 9 heteroatoms. The average molecular weight is 664 g/mol. The molecule has 1 fully saturated rings. The fourth-order valence-electron chi connectivity index (χ4n) is 4.59. The van der Waals surface area contributed by atoms with Gasteiger partial charge in [-0.3, -0.25) is 10.1 Å². The number of ether oxygens (including phenoxy) is 1. The third-order valence-corrected chi connectivity index (χ3v) is 7.28. The Balaban J connectivity index is 0.00000420. The lowest BCUT2D eigenvalue weighted by atomic mass is 9.99. The lowest BCUT2D eigenvalue weighted by molar-refractivity contribution is -0.896. The van der Waals surface area contributed by atoms with E-state index in [2.05, 4.69) is 24.7 Å². The highest BCUT2D eigenvalue weighted by atomic mass is 127. The first-order valence-electron chi connectivity index (χ1n) is 12.9. The molecule has 0 saturated carbocycles. The molecule has 2 amide bonds. The number of hydrogen-bond donors (Lipinski definition) is 2. The van der Waals surface area contributed by atoms with Crippen molar-refractivity contribution in [3.8, 4) is 11.1 Å². The molecule has 1 aliphatic rings. The second kappa shape index (κ2) is 14.1. The summed E-state index contributed by atoms with van der Waals surface area (Å²) < 4.78 is 6.69. The number of rotatable bonds is 8. The number of anilines is 2. The molecular weight excluding hydrogens is 629 g/mol. The number of benzene rings is 3. The average Bonchev–Trinajstić information content (AvgIpc) is 2.89. The highest BCUT2D eigenvalue weighted by Crippen LogP contribution is 2.30. The van der Waals surface area contributed by atoms with Crippen molar-refractivity contribution in [2.45, 2.75) is 38.4 Å². The van der Waals surface area contributed by atoms with Crippen LogP contribution >= 0.6 is 35.6 Å². The molecule has 0 bridgehead atoms. The van der Waals surface area contributed by atoms with Crippen LogP contribution in [0, 0.1) is 0 Å². The Morgan fingerprint density at radius 2 is 1.72 bits per heavy atom. The van der Waals surface area contributed by atoms with E-state index < -0.39 is 12.7 Å². The van der Waals surface area contributed by atoms with Crippen molar-refractivity contribution in [2.24, 2.45) is 0 Å².